The third kappa shape index (κ3) is 3.00. The first kappa shape index (κ1) is 12.9. The van der Waals surface area contributed by atoms with Crippen LogP contribution in [0.2, 0.25) is 0 Å². The molecule has 0 bridgehead atoms. The van der Waals surface area contributed by atoms with Gasteiger partial charge in [-0.1, -0.05) is 0 Å². The van der Waals surface area contributed by atoms with Gasteiger partial charge in [0.25, 0.3) is 0 Å². The average Bonchev–Trinajstić information content (AvgIpc) is 2.71. The molecule has 1 aromatic carbocycles. The second kappa shape index (κ2) is 5.37. The molecule has 4 nitrogen and oxygen atoms in total. The summed E-state index contributed by atoms with van der Waals surface area (Å²) < 4.78 is 6.24. The van der Waals surface area contributed by atoms with Crippen LogP contribution in [-0.4, -0.2) is 38.1 Å². The molecule has 2 rings (SSSR count). The van der Waals surface area contributed by atoms with Gasteiger partial charge in [-0.15, -0.1) is 11.3 Å². The number of nitrogens with zero attached hydrogens (tertiary/aromatic N) is 1. The number of fused-ring (bicyclic) bond motifs is 1. The molecule has 0 atom stereocenters. The molecule has 2 aromatic rings. The van der Waals surface area contributed by atoms with E-state index >= 15 is 0 Å². The maximum Gasteiger partial charge on any atom is 0.348 e. The van der Waals surface area contributed by atoms with E-state index in [1.165, 1.54) is 11.3 Å². The lowest BCUT2D eigenvalue weighted by Gasteiger charge is -2.08. The lowest BCUT2D eigenvalue weighted by atomic mass is 10.2. The Labute approximate surface area is 110 Å². The fourth-order valence-corrected chi connectivity index (χ4v) is 2.49. The number of anilines is 1. The van der Waals surface area contributed by atoms with Crippen LogP contribution < -0.4 is 5.73 Å². The van der Waals surface area contributed by atoms with Crippen LogP contribution in [0.15, 0.2) is 24.3 Å². The lowest BCUT2D eigenvalue weighted by molar-refractivity contribution is 0.0487. The van der Waals surface area contributed by atoms with Gasteiger partial charge in [-0.2, -0.15) is 0 Å². The molecular formula is C13H16N2O2S. The van der Waals surface area contributed by atoms with Crippen LogP contribution in [-0.2, 0) is 4.74 Å². The summed E-state index contributed by atoms with van der Waals surface area (Å²) >= 11 is 1.43. The van der Waals surface area contributed by atoms with Crippen LogP contribution >= 0.6 is 11.3 Å². The van der Waals surface area contributed by atoms with E-state index in [1.807, 2.05) is 43.3 Å². The fourth-order valence-electron chi connectivity index (χ4n) is 1.55. The predicted molar refractivity (Wildman–Crippen MR) is 75.1 cm³/mol. The predicted octanol–water partition coefficient (Wildman–Crippen LogP) is 2.20. The molecule has 2 N–H and O–H groups in total. The summed E-state index contributed by atoms with van der Waals surface area (Å²) in [6.07, 6.45) is 0. The lowest BCUT2D eigenvalue weighted by Crippen LogP contribution is -2.19. The minimum Gasteiger partial charge on any atom is -0.460 e. The quantitative estimate of drug-likeness (QED) is 0.679. The first-order valence-corrected chi connectivity index (χ1v) is 6.49. The molecule has 5 heteroatoms. The highest BCUT2D eigenvalue weighted by Gasteiger charge is 2.11. The van der Waals surface area contributed by atoms with Crippen LogP contribution in [0.1, 0.15) is 9.67 Å². The molecule has 1 aromatic heterocycles. The van der Waals surface area contributed by atoms with Crippen LogP contribution in [0.25, 0.3) is 10.1 Å². The van der Waals surface area contributed by atoms with E-state index in [1.54, 1.807) is 0 Å². The van der Waals surface area contributed by atoms with E-state index in [2.05, 4.69) is 0 Å². The van der Waals surface area contributed by atoms with Gasteiger partial charge in [-0.05, 0) is 43.7 Å². The highest BCUT2D eigenvalue weighted by atomic mass is 32.1. The van der Waals surface area contributed by atoms with Gasteiger partial charge in [-0.25, -0.2) is 4.79 Å². The van der Waals surface area contributed by atoms with E-state index in [4.69, 9.17) is 10.5 Å². The third-order valence-corrected chi connectivity index (χ3v) is 3.61. The van der Waals surface area contributed by atoms with Crippen LogP contribution in [0, 0.1) is 0 Å². The highest BCUT2D eigenvalue weighted by molar-refractivity contribution is 7.20. The molecule has 18 heavy (non-hydrogen) atoms. The minimum absolute atomic E-state index is 0.267. The van der Waals surface area contributed by atoms with Gasteiger partial charge in [0.2, 0.25) is 0 Å². The van der Waals surface area contributed by atoms with Crippen molar-refractivity contribution in [3.8, 4) is 0 Å². The molecule has 0 aliphatic carbocycles. The van der Waals surface area contributed by atoms with E-state index < -0.39 is 0 Å². The first-order valence-electron chi connectivity index (χ1n) is 5.67. The van der Waals surface area contributed by atoms with Gasteiger partial charge in [0.15, 0.2) is 0 Å². The maximum absolute atomic E-state index is 11.8. The van der Waals surface area contributed by atoms with Crippen molar-refractivity contribution in [1.82, 2.24) is 4.90 Å². The average molecular weight is 264 g/mol. The molecule has 0 radical (unpaired) electrons. The van der Waals surface area contributed by atoms with Crippen molar-refractivity contribution in [2.24, 2.45) is 0 Å². The smallest absolute Gasteiger partial charge is 0.348 e. The zero-order valence-corrected chi connectivity index (χ0v) is 11.3. The fraction of sp³-hybridized carbons (Fsp3) is 0.308. The number of hydrogen-bond acceptors (Lipinski definition) is 5. The van der Waals surface area contributed by atoms with Gasteiger partial charge in [0, 0.05) is 16.9 Å². The number of nitrogen functional groups attached to an aromatic ring is 1. The molecule has 96 valence electrons. The number of thiophene rings is 1. The Balaban J connectivity index is 2.08. The molecule has 0 aliphatic rings. The zero-order chi connectivity index (χ0) is 13.1. The third-order valence-electron chi connectivity index (χ3n) is 2.51. The summed E-state index contributed by atoms with van der Waals surface area (Å²) in [6, 6.07) is 7.45. The summed E-state index contributed by atoms with van der Waals surface area (Å²) in [5.41, 5.74) is 6.41. The van der Waals surface area contributed by atoms with Crippen molar-refractivity contribution >= 4 is 33.1 Å². The second-order valence-electron chi connectivity index (χ2n) is 4.35. The Bertz CT molecular complexity index is 563. The Kier molecular flexibility index (Phi) is 3.84. The van der Waals surface area contributed by atoms with Crippen molar-refractivity contribution in [2.45, 2.75) is 0 Å². The molecule has 0 unspecified atom stereocenters. The van der Waals surface area contributed by atoms with Crippen molar-refractivity contribution < 1.29 is 9.53 Å². The number of carbonyl (C=O) groups excluding carboxylic acids is 1. The number of hydrogen-bond donors (Lipinski definition) is 1. The number of likely N-dealkylation sites (N-methyl/N-ethyl adjacent to an activating group) is 1. The molecule has 0 fully saturated rings. The highest BCUT2D eigenvalue weighted by Crippen LogP contribution is 2.27. The van der Waals surface area contributed by atoms with Crippen LogP contribution in [0.4, 0.5) is 5.69 Å². The number of nitrogens with two attached hydrogens (primary N) is 1. The Morgan fingerprint density at radius 2 is 2.17 bits per heavy atom. The van der Waals surface area contributed by atoms with Crippen molar-refractivity contribution in [1.29, 1.82) is 0 Å². The second-order valence-corrected chi connectivity index (χ2v) is 5.43. The largest absolute Gasteiger partial charge is 0.460 e. The van der Waals surface area contributed by atoms with Gasteiger partial charge in [0.1, 0.15) is 11.5 Å². The van der Waals surface area contributed by atoms with E-state index in [0.717, 1.165) is 16.6 Å². The molecule has 1 heterocycles. The van der Waals surface area contributed by atoms with E-state index in [0.29, 0.717) is 17.2 Å². The standard InChI is InChI=1S/C13H16N2O2S/c1-15(2)5-6-17-13(16)12-8-9-7-10(14)3-4-11(9)18-12/h3-4,7-8H,5-6,14H2,1-2H3. The number of benzene rings is 1. The number of esters is 1. The van der Waals surface area contributed by atoms with Gasteiger partial charge < -0.3 is 15.4 Å². The topological polar surface area (TPSA) is 55.6 Å². The number of carbonyl (C=O) groups is 1. The summed E-state index contributed by atoms with van der Waals surface area (Å²) in [5.74, 6) is -0.267. The Hall–Kier alpha value is -1.59. The summed E-state index contributed by atoms with van der Waals surface area (Å²) in [5, 5.41) is 0.986. The van der Waals surface area contributed by atoms with Gasteiger partial charge in [-0.3, -0.25) is 0 Å². The zero-order valence-electron chi connectivity index (χ0n) is 10.5. The van der Waals surface area contributed by atoms with E-state index in [-0.39, 0.29) is 5.97 Å². The molecule has 0 spiro atoms. The molecule has 0 saturated heterocycles. The molecular weight excluding hydrogens is 248 g/mol. The Morgan fingerprint density at radius 3 is 2.89 bits per heavy atom. The van der Waals surface area contributed by atoms with E-state index in [9.17, 15) is 4.79 Å². The summed E-state index contributed by atoms with van der Waals surface area (Å²) in [4.78, 5) is 14.4. The Morgan fingerprint density at radius 1 is 1.39 bits per heavy atom. The SMILES string of the molecule is CN(C)CCOC(=O)c1cc2cc(N)ccc2s1. The molecule has 0 amide bonds. The van der Waals surface area contributed by atoms with Crippen LogP contribution in [0.5, 0.6) is 0 Å². The van der Waals surface area contributed by atoms with Crippen LogP contribution in [0.3, 0.4) is 0 Å². The maximum atomic E-state index is 11.8. The van der Waals surface area contributed by atoms with Crippen molar-refractivity contribution in [2.75, 3.05) is 33.0 Å². The monoisotopic (exact) mass is 264 g/mol. The normalized spacial score (nSPS) is 11.1. The number of ether oxygens (including phenoxy) is 1. The first-order chi connectivity index (χ1) is 8.56. The summed E-state index contributed by atoms with van der Waals surface area (Å²) in [7, 11) is 3.88. The van der Waals surface area contributed by atoms with Crippen molar-refractivity contribution in [3.63, 3.8) is 0 Å². The van der Waals surface area contributed by atoms with Gasteiger partial charge in [0.05, 0.1) is 0 Å². The number of rotatable bonds is 4. The molecule has 0 aliphatic heterocycles. The minimum atomic E-state index is -0.267. The summed E-state index contributed by atoms with van der Waals surface area (Å²) in [6.45, 7) is 1.13. The van der Waals surface area contributed by atoms with Crippen molar-refractivity contribution in [3.05, 3.63) is 29.1 Å². The molecule has 0 saturated carbocycles. The van der Waals surface area contributed by atoms with Gasteiger partial charge >= 0.3 is 5.97 Å².